The van der Waals surface area contributed by atoms with Crippen molar-refractivity contribution in [1.29, 1.82) is 0 Å². The second-order valence-electron chi connectivity index (χ2n) is 5.26. The number of imidazole rings is 1. The molecule has 0 radical (unpaired) electrons. The van der Waals surface area contributed by atoms with E-state index in [0.29, 0.717) is 17.8 Å². The van der Waals surface area contributed by atoms with Gasteiger partial charge in [0.2, 0.25) is 10.0 Å². The molecule has 0 fully saturated rings. The molecule has 0 spiro atoms. The van der Waals surface area contributed by atoms with E-state index in [1.165, 1.54) is 12.1 Å². The first kappa shape index (κ1) is 15.6. The van der Waals surface area contributed by atoms with Crippen LogP contribution in [0.15, 0.2) is 47.4 Å². The Bertz CT molecular complexity index is 918. The van der Waals surface area contributed by atoms with E-state index in [1.54, 1.807) is 6.92 Å². The molecule has 7 heteroatoms. The third-order valence-electron chi connectivity index (χ3n) is 3.52. The number of rotatable bonds is 5. The lowest BCUT2D eigenvalue weighted by Gasteiger charge is -2.08. The maximum Gasteiger partial charge on any atom is 0.240 e. The van der Waals surface area contributed by atoms with Crippen LogP contribution in [0.4, 0.5) is 4.39 Å². The highest BCUT2D eigenvalue weighted by atomic mass is 32.2. The Labute approximate surface area is 133 Å². The van der Waals surface area contributed by atoms with Gasteiger partial charge in [0.25, 0.3) is 0 Å². The van der Waals surface area contributed by atoms with E-state index in [0.717, 1.165) is 17.1 Å². The molecular formula is C16H16FN3O2S. The summed E-state index contributed by atoms with van der Waals surface area (Å²) in [5.41, 5.74) is 2.14. The minimum absolute atomic E-state index is 0.0866. The first-order valence-electron chi connectivity index (χ1n) is 7.15. The molecule has 5 nitrogen and oxygen atoms in total. The molecule has 2 aromatic carbocycles. The van der Waals surface area contributed by atoms with Crippen LogP contribution >= 0.6 is 0 Å². The molecule has 1 aromatic heterocycles. The first-order chi connectivity index (χ1) is 11.0. The van der Waals surface area contributed by atoms with E-state index in [2.05, 4.69) is 14.7 Å². The molecule has 0 saturated heterocycles. The monoisotopic (exact) mass is 333 g/mol. The molecule has 1 heterocycles. The number of aromatic amines is 1. The molecule has 0 aliphatic carbocycles. The second-order valence-corrected chi connectivity index (χ2v) is 6.99. The number of nitrogens with one attached hydrogen (secondary N) is 2. The van der Waals surface area contributed by atoms with Crippen LogP contribution in [0.25, 0.3) is 11.0 Å². The van der Waals surface area contributed by atoms with E-state index in [-0.39, 0.29) is 11.4 Å². The van der Waals surface area contributed by atoms with Crippen LogP contribution in [0.5, 0.6) is 0 Å². The van der Waals surface area contributed by atoms with Gasteiger partial charge in [0.05, 0.1) is 15.9 Å². The fourth-order valence-electron chi connectivity index (χ4n) is 2.42. The lowest BCUT2D eigenvalue weighted by atomic mass is 10.2. The molecule has 0 amide bonds. The molecule has 120 valence electrons. The van der Waals surface area contributed by atoms with Crippen LogP contribution in [0.2, 0.25) is 0 Å². The highest BCUT2D eigenvalue weighted by Gasteiger charge is 2.16. The molecule has 3 aromatic rings. The number of benzene rings is 2. The molecule has 0 aliphatic heterocycles. The number of fused-ring (bicyclic) bond motifs is 1. The number of para-hydroxylation sites is 2. The third kappa shape index (κ3) is 3.40. The SMILES string of the molecule is Cc1cc(F)ccc1S(=O)(=O)NCCc1nc2ccccc2[nH]1. The van der Waals surface area contributed by atoms with Gasteiger partial charge in [-0.25, -0.2) is 22.5 Å². The molecule has 0 unspecified atom stereocenters. The molecule has 2 N–H and O–H groups in total. The molecule has 0 bridgehead atoms. The smallest absolute Gasteiger partial charge is 0.240 e. The van der Waals surface area contributed by atoms with Crippen LogP contribution < -0.4 is 4.72 Å². The zero-order chi connectivity index (χ0) is 16.4. The quantitative estimate of drug-likeness (QED) is 0.753. The number of aryl methyl sites for hydroxylation is 1. The summed E-state index contributed by atoms with van der Waals surface area (Å²) in [6.07, 6.45) is 0.439. The highest BCUT2D eigenvalue weighted by Crippen LogP contribution is 2.16. The van der Waals surface area contributed by atoms with Crippen molar-refractivity contribution in [2.45, 2.75) is 18.2 Å². The minimum atomic E-state index is -3.67. The van der Waals surface area contributed by atoms with Gasteiger partial charge in [0, 0.05) is 13.0 Å². The van der Waals surface area contributed by atoms with Crippen LogP contribution in [-0.4, -0.2) is 24.9 Å². The maximum atomic E-state index is 13.1. The number of aromatic nitrogens is 2. The zero-order valence-electron chi connectivity index (χ0n) is 12.5. The van der Waals surface area contributed by atoms with E-state index < -0.39 is 15.8 Å². The predicted molar refractivity (Wildman–Crippen MR) is 86.1 cm³/mol. The van der Waals surface area contributed by atoms with Gasteiger partial charge in [0.15, 0.2) is 0 Å². The van der Waals surface area contributed by atoms with Crippen molar-refractivity contribution >= 4 is 21.1 Å². The van der Waals surface area contributed by atoms with Crippen LogP contribution in [0.3, 0.4) is 0 Å². The van der Waals surface area contributed by atoms with Crippen molar-refractivity contribution < 1.29 is 12.8 Å². The van der Waals surface area contributed by atoms with Gasteiger partial charge >= 0.3 is 0 Å². The number of H-pyrrole nitrogens is 1. The third-order valence-corrected chi connectivity index (χ3v) is 5.14. The number of nitrogens with zero attached hydrogens (tertiary/aromatic N) is 1. The molecule has 23 heavy (non-hydrogen) atoms. The van der Waals surface area contributed by atoms with E-state index in [9.17, 15) is 12.8 Å². The molecule has 0 aliphatic rings. The second kappa shape index (κ2) is 6.10. The summed E-state index contributed by atoms with van der Waals surface area (Å²) < 4.78 is 40.1. The Morgan fingerprint density at radius 3 is 2.74 bits per heavy atom. The standard InChI is InChI=1S/C16H16FN3O2S/c1-11-10-12(17)6-7-15(11)23(21,22)18-9-8-16-19-13-4-2-3-5-14(13)20-16/h2-7,10,18H,8-9H2,1H3,(H,19,20). The van der Waals surface area contributed by atoms with Crippen LogP contribution in [-0.2, 0) is 16.4 Å². The summed E-state index contributed by atoms with van der Waals surface area (Å²) in [7, 11) is -3.67. The Hall–Kier alpha value is -2.25. The van der Waals surface area contributed by atoms with Crippen molar-refractivity contribution in [3.8, 4) is 0 Å². The predicted octanol–water partition coefficient (Wildman–Crippen LogP) is 2.53. The van der Waals surface area contributed by atoms with Crippen molar-refractivity contribution in [2.24, 2.45) is 0 Å². The van der Waals surface area contributed by atoms with E-state index >= 15 is 0 Å². The van der Waals surface area contributed by atoms with Crippen LogP contribution in [0, 0.1) is 12.7 Å². The van der Waals surface area contributed by atoms with Gasteiger partial charge in [0.1, 0.15) is 11.6 Å². The summed E-state index contributed by atoms with van der Waals surface area (Å²) in [5.74, 6) is 0.258. The lowest BCUT2D eigenvalue weighted by Crippen LogP contribution is -2.26. The maximum absolute atomic E-state index is 13.1. The number of sulfonamides is 1. The van der Waals surface area contributed by atoms with Crippen molar-refractivity contribution in [3.63, 3.8) is 0 Å². The molecular weight excluding hydrogens is 317 g/mol. The summed E-state index contributed by atoms with van der Waals surface area (Å²) in [5, 5.41) is 0. The fourth-order valence-corrected chi connectivity index (χ4v) is 3.68. The van der Waals surface area contributed by atoms with Gasteiger partial charge in [-0.2, -0.15) is 0 Å². The first-order valence-corrected chi connectivity index (χ1v) is 8.63. The average molecular weight is 333 g/mol. The fraction of sp³-hybridized carbons (Fsp3) is 0.188. The van der Waals surface area contributed by atoms with Gasteiger partial charge in [-0.15, -0.1) is 0 Å². The molecule has 0 atom stereocenters. The highest BCUT2D eigenvalue weighted by molar-refractivity contribution is 7.89. The summed E-state index contributed by atoms with van der Waals surface area (Å²) in [6.45, 7) is 1.77. The average Bonchev–Trinajstić information content (AvgIpc) is 2.89. The number of hydrogen-bond acceptors (Lipinski definition) is 3. The zero-order valence-corrected chi connectivity index (χ0v) is 13.3. The Kier molecular flexibility index (Phi) is 4.14. The van der Waals surface area contributed by atoms with E-state index in [4.69, 9.17) is 0 Å². The summed E-state index contributed by atoms with van der Waals surface area (Å²) >= 11 is 0. The topological polar surface area (TPSA) is 74.8 Å². The Morgan fingerprint density at radius 1 is 1.22 bits per heavy atom. The molecule has 0 saturated carbocycles. The number of hydrogen-bond donors (Lipinski definition) is 2. The van der Waals surface area contributed by atoms with Crippen LogP contribution in [0.1, 0.15) is 11.4 Å². The summed E-state index contributed by atoms with van der Waals surface area (Å²) in [6, 6.07) is 11.2. The lowest BCUT2D eigenvalue weighted by molar-refractivity contribution is 0.579. The van der Waals surface area contributed by atoms with Gasteiger partial charge in [-0.1, -0.05) is 12.1 Å². The van der Waals surface area contributed by atoms with Crippen molar-refractivity contribution in [3.05, 3.63) is 59.7 Å². The van der Waals surface area contributed by atoms with Gasteiger partial charge < -0.3 is 4.98 Å². The minimum Gasteiger partial charge on any atom is -0.342 e. The summed E-state index contributed by atoms with van der Waals surface area (Å²) in [4.78, 5) is 7.63. The van der Waals surface area contributed by atoms with Crippen molar-refractivity contribution in [1.82, 2.24) is 14.7 Å². The van der Waals surface area contributed by atoms with Gasteiger partial charge in [-0.3, -0.25) is 0 Å². The van der Waals surface area contributed by atoms with Crippen molar-refractivity contribution in [2.75, 3.05) is 6.54 Å². The largest absolute Gasteiger partial charge is 0.342 e. The Morgan fingerprint density at radius 2 is 2.00 bits per heavy atom. The van der Waals surface area contributed by atoms with Gasteiger partial charge in [-0.05, 0) is 42.8 Å². The Balaban J connectivity index is 1.69. The number of halogens is 1. The van der Waals surface area contributed by atoms with E-state index in [1.807, 2.05) is 24.3 Å². The normalized spacial score (nSPS) is 11.9. The molecule has 3 rings (SSSR count).